The second-order valence-corrected chi connectivity index (χ2v) is 6.28. The molecule has 0 spiro atoms. The first-order valence-electron chi connectivity index (χ1n) is 8.82. The van der Waals surface area contributed by atoms with Gasteiger partial charge in [-0.05, 0) is 23.6 Å². The first kappa shape index (κ1) is 17.5. The Morgan fingerprint density at radius 3 is 2.48 bits per heavy atom. The summed E-state index contributed by atoms with van der Waals surface area (Å²) in [6.45, 7) is 6.21. The number of rotatable bonds is 7. The molecule has 1 aromatic carbocycles. The second-order valence-electron chi connectivity index (χ2n) is 6.28. The molecule has 0 saturated carbocycles. The first-order valence-corrected chi connectivity index (χ1v) is 8.82. The third kappa shape index (κ3) is 5.32. The molecule has 3 rings (SSSR count). The van der Waals surface area contributed by atoms with Gasteiger partial charge in [0, 0.05) is 38.9 Å². The molecule has 0 unspecified atom stereocenters. The lowest BCUT2D eigenvalue weighted by Gasteiger charge is -2.35. The van der Waals surface area contributed by atoms with Crippen LogP contribution in [0.3, 0.4) is 0 Å². The van der Waals surface area contributed by atoms with Gasteiger partial charge in [0.25, 0.3) is 0 Å². The SMILES string of the molecule is C#CCOCCc1ccc(N2CCN(Cc3ccccc3)CC2)nc1. The van der Waals surface area contributed by atoms with Gasteiger partial charge in [-0.1, -0.05) is 42.3 Å². The van der Waals surface area contributed by atoms with Crippen molar-refractivity contribution in [1.82, 2.24) is 9.88 Å². The smallest absolute Gasteiger partial charge is 0.128 e. The highest BCUT2D eigenvalue weighted by atomic mass is 16.5. The van der Waals surface area contributed by atoms with Crippen LogP contribution in [0.25, 0.3) is 0 Å². The number of pyridine rings is 1. The van der Waals surface area contributed by atoms with Gasteiger partial charge in [0.2, 0.25) is 0 Å². The lowest BCUT2D eigenvalue weighted by atomic mass is 10.2. The molecule has 0 atom stereocenters. The Morgan fingerprint density at radius 2 is 1.80 bits per heavy atom. The van der Waals surface area contributed by atoms with Crippen molar-refractivity contribution in [1.29, 1.82) is 0 Å². The summed E-state index contributed by atoms with van der Waals surface area (Å²) in [4.78, 5) is 9.49. The van der Waals surface area contributed by atoms with Crippen LogP contribution in [0.1, 0.15) is 11.1 Å². The molecule has 1 saturated heterocycles. The van der Waals surface area contributed by atoms with Crippen molar-refractivity contribution in [2.45, 2.75) is 13.0 Å². The van der Waals surface area contributed by atoms with E-state index in [1.54, 1.807) is 0 Å². The van der Waals surface area contributed by atoms with Gasteiger partial charge in [0.1, 0.15) is 12.4 Å². The van der Waals surface area contributed by atoms with Crippen LogP contribution in [0.2, 0.25) is 0 Å². The van der Waals surface area contributed by atoms with E-state index >= 15 is 0 Å². The molecular formula is C21H25N3O. The van der Waals surface area contributed by atoms with Gasteiger partial charge in [-0.25, -0.2) is 4.98 Å². The number of hydrogen-bond acceptors (Lipinski definition) is 4. The first-order chi connectivity index (χ1) is 12.3. The molecular weight excluding hydrogens is 310 g/mol. The van der Waals surface area contributed by atoms with Crippen molar-refractivity contribution >= 4 is 5.82 Å². The van der Waals surface area contributed by atoms with Gasteiger partial charge < -0.3 is 9.64 Å². The van der Waals surface area contributed by atoms with E-state index in [0.29, 0.717) is 13.2 Å². The minimum atomic E-state index is 0.374. The molecule has 25 heavy (non-hydrogen) atoms. The summed E-state index contributed by atoms with van der Waals surface area (Å²) >= 11 is 0. The fourth-order valence-corrected chi connectivity index (χ4v) is 3.05. The van der Waals surface area contributed by atoms with Gasteiger partial charge in [0.05, 0.1) is 6.61 Å². The molecule has 4 heteroatoms. The number of piperazine rings is 1. The number of hydrogen-bond donors (Lipinski definition) is 0. The Morgan fingerprint density at radius 1 is 1.00 bits per heavy atom. The van der Waals surface area contributed by atoms with Crippen LogP contribution >= 0.6 is 0 Å². The average Bonchev–Trinajstić information content (AvgIpc) is 2.67. The number of anilines is 1. The maximum Gasteiger partial charge on any atom is 0.128 e. The summed E-state index contributed by atoms with van der Waals surface area (Å²) < 4.78 is 5.31. The van der Waals surface area contributed by atoms with Crippen LogP contribution in [-0.2, 0) is 17.7 Å². The topological polar surface area (TPSA) is 28.6 Å². The van der Waals surface area contributed by atoms with Crippen LogP contribution in [0, 0.1) is 12.3 Å². The minimum Gasteiger partial charge on any atom is -0.368 e. The van der Waals surface area contributed by atoms with Crippen LogP contribution in [0.5, 0.6) is 0 Å². The number of aromatic nitrogens is 1. The predicted molar refractivity (Wildman–Crippen MR) is 102 cm³/mol. The van der Waals surface area contributed by atoms with E-state index in [9.17, 15) is 0 Å². The molecule has 0 N–H and O–H groups in total. The molecule has 4 nitrogen and oxygen atoms in total. The zero-order valence-electron chi connectivity index (χ0n) is 14.6. The van der Waals surface area contributed by atoms with E-state index in [4.69, 9.17) is 11.2 Å². The Kier molecular flexibility index (Phi) is 6.44. The maximum atomic E-state index is 5.31. The summed E-state index contributed by atoms with van der Waals surface area (Å²) in [5.74, 6) is 3.54. The van der Waals surface area contributed by atoms with E-state index < -0.39 is 0 Å². The lowest BCUT2D eigenvalue weighted by Crippen LogP contribution is -2.46. The summed E-state index contributed by atoms with van der Waals surface area (Å²) in [6.07, 6.45) is 7.96. The fourth-order valence-electron chi connectivity index (χ4n) is 3.05. The quantitative estimate of drug-likeness (QED) is 0.574. The number of terminal acetylenes is 1. The van der Waals surface area contributed by atoms with E-state index in [1.165, 1.54) is 11.1 Å². The van der Waals surface area contributed by atoms with Crippen LogP contribution in [0.15, 0.2) is 48.7 Å². The Labute approximate surface area is 150 Å². The molecule has 130 valence electrons. The Bertz CT molecular complexity index is 671. The number of benzene rings is 1. The van der Waals surface area contributed by atoms with Crippen molar-refractivity contribution in [2.24, 2.45) is 0 Å². The number of ether oxygens (including phenoxy) is 1. The van der Waals surface area contributed by atoms with Crippen molar-refractivity contribution in [3.8, 4) is 12.3 Å². The van der Waals surface area contributed by atoms with Crippen LogP contribution in [0.4, 0.5) is 5.82 Å². The largest absolute Gasteiger partial charge is 0.368 e. The van der Waals surface area contributed by atoms with Crippen LogP contribution < -0.4 is 4.90 Å². The lowest BCUT2D eigenvalue weighted by molar-refractivity contribution is 0.170. The van der Waals surface area contributed by atoms with E-state index in [-0.39, 0.29) is 0 Å². The summed E-state index contributed by atoms with van der Waals surface area (Å²) in [6, 6.07) is 14.9. The molecule has 1 fully saturated rings. The molecule has 0 amide bonds. The summed E-state index contributed by atoms with van der Waals surface area (Å²) in [7, 11) is 0. The van der Waals surface area contributed by atoms with E-state index in [1.807, 2.05) is 6.20 Å². The van der Waals surface area contributed by atoms with Gasteiger partial charge in [-0.3, -0.25) is 4.90 Å². The molecule has 1 aliphatic heterocycles. The third-order valence-electron chi connectivity index (χ3n) is 4.47. The zero-order chi connectivity index (χ0) is 17.3. The Hall–Kier alpha value is -2.35. The standard InChI is InChI=1S/C21H25N3O/c1-2-15-25-16-10-19-8-9-21(22-17-19)24-13-11-23(12-14-24)18-20-6-4-3-5-7-20/h1,3-9,17H,10-16,18H2. The fraction of sp³-hybridized carbons (Fsp3) is 0.381. The second kappa shape index (κ2) is 9.22. The highest BCUT2D eigenvalue weighted by Crippen LogP contribution is 2.15. The number of nitrogens with zero attached hydrogens (tertiary/aromatic N) is 3. The van der Waals surface area contributed by atoms with Gasteiger partial charge in [-0.15, -0.1) is 6.42 Å². The predicted octanol–water partition coefficient (Wildman–Crippen LogP) is 2.60. The molecule has 1 aromatic heterocycles. The summed E-state index contributed by atoms with van der Waals surface area (Å²) in [5.41, 5.74) is 2.56. The monoisotopic (exact) mass is 335 g/mol. The van der Waals surface area contributed by atoms with Crippen molar-refractivity contribution in [3.63, 3.8) is 0 Å². The molecule has 0 bridgehead atoms. The summed E-state index contributed by atoms with van der Waals surface area (Å²) in [5, 5.41) is 0. The van der Waals surface area contributed by atoms with Crippen LogP contribution in [-0.4, -0.2) is 49.3 Å². The maximum absolute atomic E-state index is 5.31. The van der Waals surface area contributed by atoms with Crippen molar-refractivity contribution < 1.29 is 4.74 Å². The van der Waals surface area contributed by atoms with Gasteiger partial charge >= 0.3 is 0 Å². The van der Waals surface area contributed by atoms with E-state index in [2.05, 4.69) is 63.2 Å². The normalized spacial score (nSPS) is 15.1. The molecule has 1 aliphatic rings. The van der Waals surface area contributed by atoms with E-state index in [0.717, 1.165) is 45.0 Å². The highest BCUT2D eigenvalue weighted by Gasteiger charge is 2.17. The average molecular weight is 335 g/mol. The minimum absolute atomic E-state index is 0.374. The molecule has 0 radical (unpaired) electrons. The van der Waals surface area contributed by atoms with Crippen molar-refractivity contribution in [2.75, 3.05) is 44.3 Å². The molecule has 2 aromatic rings. The Balaban J connectivity index is 1.45. The molecule has 0 aliphatic carbocycles. The van der Waals surface area contributed by atoms with Gasteiger partial charge in [0.15, 0.2) is 0 Å². The van der Waals surface area contributed by atoms with Gasteiger partial charge in [-0.2, -0.15) is 0 Å². The zero-order valence-corrected chi connectivity index (χ0v) is 14.6. The van der Waals surface area contributed by atoms with Crippen molar-refractivity contribution in [3.05, 3.63) is 59.8 Å². The third-order valence-corrected chi connectivity index (χ3v) is 4.47. The molecule has 2 heterocycles. The highest BCUT2D eigenvalue weighted by molar-refractivity contribution is 5.40.